The molecule has 116 valence electrons. The molecule has 23 heavy (non-hydrogen) atoms. The minimum Gasteiger partial charge on any atom is -0.322 e. The number of carbonyl (C=O) groups is 1. The van der Waals surface area contributed by atoms with Crippen molar-refractivity contribution >= 4 is 32.5 Å². The maximum absolute atomic E-state index is 12.4. The number of sulfonamides is 1. The van der Waals surface area contributed by atoms with Crippen LogP contribution in [0.4, 0.5) is 5.69 Å². The summed E-state index contributed by atoms with van der Waals surface area (Å²) in [5, 5.41) is 8.62. The maximum Gasteiger partial charge on any atom is 0.257 e. The number of para-hydroxylation sites is 1. The van der Waals surface area contributed by atoms with E-state index in [4.69, 9.17) is 5.14 Å². The lowest BCUT2D eigenvalue weighted by molar-refractivity contribution is 0.102. The van der Waals surface area contributed by atoms with Gasteiger partial charge in [-0.15, -0.1) is 0 Å². The van der Waals surface area contributed by atoms with Gasteiger partial charge in [0.05, 0.1) is 16.0 Å². The summed E-state index contributed by atoms with van der Waals surface area (Å²) in [5.74, 6) is -0.322. The van der Waals surface area contributed by atoms with Crippen LogP contribution in [0.5, 0.6) is 0 Å². The molecule has 6 nitrogen and oxygen atoms in total. The second kappa shape index (κ2) is 5.79. The second-order valence-corrected chi connectivity index (χ2v) is 6.47. The van der Waals surface area contributed by atoms with Crippen LogP contribution in [0.1, 0.15) is 10.4 Å². The summed E-state index contributed by atoms with van der Waals surface area (Å²) in [6.45, 7) is 0. The van der Waals surface area contributed by atoms with Crippen molar-refractivity contribution in [3.8, 4) is 0 Å². The van der Waals surface area contributed by atoms with E-state index >= 15 is 0 Å². The van der Waals surface area contributed by atoms with E-state index < -0.39 is 10.0 Å². The quantitative estimate of drug-likeness (QED) is 0.769. The molecular formula is C16H13N3O3S. The lowest BCUT2D eigenvalue weighted by Gasteiger charge is -2.08. The average molecular weight is 327 g/mol. The van der Waals surface area contributed by atoms with Crippen molar-refractivity contribution in [1.29, 1.82) is 0 Å². The molecule has 0 fully saturated rings. The third kappa shape index (κ3) is 3.20. The van der Waals surface area contributed by atoms with E-state index in [0.29, 0.717) is 16.8 Å². The number of anilines is 1. The Labute approximate surface area is 133 Å². The Morgan fingerprint density at radius 1 is 1.00 bits per heavy atom. The molecule has 0 saturated carbocycles. The SMILES string of the molecule is NS(=O)(=O)c1ccc(NC(=O)c2cccc3cccnc23)cc1. The number of hydrogen-bond acceptors (Lipinski definition) is 4. The molecule has 1 heterocycles. The van der Waals surface area contributed by atoms with Gasteiger partial charge in [-0.25, -0.2) is 13.6 Å². The van der Waals surface area contributed by atoms with Crippen molar-refractivity contribution in [2.75, 3.05) is 5.32 Å². The molecule has 3 N–H and O–H groups in total. The van der Waals surface area contributed by atoms with Crippen LogP contribution in [0.25, 0.3) is 10.9 Å². The van der Waals surface area contributed by atoms with E-state index in [1.165, 1.54) is 24.3 Å². The van der Waals surface area contributed by atoms with Crippen LogP contribution in [0, 0.1) is 0 Å². The smallest absolute Gasteiger partial charge is 0.257 e. The van der Waals surface area contributed by atoms with Gasteiger partial charge in [0.2, 0.25) is 10.0 Å². The summed E-state index contributed by atoms with van der Waals surface area (Å²) in [6, 6.07) is 14.7. The maximum atomic E-state index is 12.4. The highest BCUT2D eigenvalue weighted by molar-refractivity contribution is 7.89. The van der Waals surface area contributed by atoms with Gasteiger partial charge in [-0.1, -0.05) is 18.2 Å². The topological polar surface area (TPSA) is 102 Å². The first-order valence-electron chi connectivity index (χ1n) is 6.73. The minimum absolute atomic E-state index is 0.0117. The molecule has 3 aromatic rings. The fourth-order valence-corrected chi connectivity index (χ4v) is 2.73. The lowest BCUT2D eigenvalue weighted by Crippen LogP contribution is -2.14. The zero-order valence-electron chi connectivity index (χ0n) is 11.9. The Morgan fingerprint density at radius 2 is 1.70 bits per heavy atom. The van der Waals surface area contributed by atoms with Crippen molar-refractivity contribution in [2.24, 2.45) is 5.14 Å². The molecule has 2 aromatic carbocycles. The predicted molar refractivity (Wildman–Crippen MR) is 87.5 cm³/mol. The van der Waals surface area contributed by atoms with E-state index in [1.807, 2.05) is 12.1 Å². The van der Waals surface area contributed by atoms with Crippen LogP contribution in [-0.4, -0.2) is 19.3 Å². The molecule has 0 aliphatic rings. The molecule has 7 heteroatoms. The van der Waals surface area contributed by atoms with Gasteiger partial charge in [0.25, 0.3) is 5.91 Å². The largest absolute Gasteiger partial charge is 0.322 e. The third-order valence-corrected chi connectivity index (χ3v) is 4.25. The fraction of sp³-hybridized carbons (Fsp3) is 0. The highest BCUT2D eigenvalue weighted by Crippen LogP contribution is 2.18. The number of fused-ring (bicyclic) bond motifs is 1. The standard InChI is InChI=1S/C16H13N3O3S/c17-23(21,22)13-8-6-12(7-9-13)19-16(20)14-5-1-3-11-4-2-10-18-15(11)14/h1-10H,(H,19,20)(H2,17,21,22). The van der Waals surface area contributed by atoms with Crippen molar-refractivity contribution in [3.05, 3.63) is 66.4 Å². The van der Waals surface area contributed by atoms with Crippen LogP contribution in [0.2, 0.25) is 0 Å². The number of pyridine rings is 1. The number of benzene rings is 2. The fourth-order valence-electron chi connectivity index (χ4n) is 2.21. The van der Waals surface area contributed by atoms with Gasteiger partial charge < -0.3 is 5.32 Å². The van der Waals surface area contributed by atoms with E-state index in [1.54, 1.807) is 24.4 Å². The molecule has 0 saturated heterocycles. The molecule has 0 aliphatic carbocycles. The normalized spacial score (nSPS) is 11.3. The van der Waals surface area contributed by atoms with E-state index in [-0.39, 0.29) is 10.8 Å². The van der Waals surface area contributed by atoms with Crippen LogP contribution in [0.3, 0.4) is 0 Å². The van der Waals surface area contributed by atoms with Gasteiger partial charge in [-0.2, -0.15) is 0 Å². The first-order chi connectivity index (χ1) is 10.9. The van der Waals surface area contributed by atoms with Gasteiger partial charge in [0.1, 0.15) is 0 Å². The van der Waals surface area contributed by atoms with Gasteiger partial charge in [-0.3, -0.25) is 9.78 Å². The van der Waals surface area contributed by atoms with Crippen LogP contribution in [-0.2, 0) is 10.0 Å². The minimum atomic E-state index is -3.75. The Bertz CT molecular complexity index is 978. The summed E-state index contributed by atoms with van der Waals surface area (Å²) >= 11 is 0. The van der Waals surface area contributed by atoms with Gasteiger partial charge in [-0.05, 0) is 36.4 Å². The molecule has 0 atom stereocenters. The number of nitrogens with zero attached hydrogens (tertiary/aromatic N) is 1. The Morgan fingerprint density at radius 3 is 2.39 bits per heavy atom. The highest BCUT2D eigenvalue weighted by Gasteiger charge is 2.12. The molecule has 0 bridgehead atoms. The third-order valence-electron chi connectivity index (χ3n) is 3.32. The van der Waals surface area contributed by atoms with Crippen molar-refractivity contribution in [1.82, 2.24) is 4.98 Å². The summed E-state index contributed by atoms with van der Waals surface area (Å²) in [5.41, 5.74) is 1.52. The molecule has 3 rings (SSSR count). The van der Waals surface area contributed by atoms with Gasteiger partial charge in [0, 0.05) is 17.3 Å². The highest BCUT2D eigenvalue weighted by atomic mass is 32.2. The van der Waals surface area contributed by atoms with Crippen molar-refractivity contribution in [2.45, 2.75) is 4.90 Å². The number of aromatic nitrogens is 1. The summed E-state index contributed by atoms with van der Waals surface area (Å²) < 4.78 is 22.4. The monoisotopic (exact) mass is 327 g/mol. The number of carbonyl (C=O) groups excluding carboxylic acids is 1. The molecule has 1 aromatic heterocycles. The first kappa shape index (κ1) is 15.1. The second-order valence-electron chi connectivity index (χ2n) is 4.90. The van der Waals surface area contributed by atoms with Crippen molar-refractivity contribution < 1.29 is 13.2 Å². The zero-order chi connectivity index (χ0) is 16.4. The van der Waals surface area contributed by atoms with E-state index in [0.717, 1.165) is 5.39 Å². The van der Waals surface area contributed by atoms with Gasteiger partial charge >= 0.3 is 0 Å². The number of nitrogens with two attached hydrogens (primary N) is 1. The lowest BCUT2D eigenvalue weighted by atomic mass is 10.1. The number of hydrogen-bond donors (Lipinski definition) is 2. The van der Waals surface area contributed by atoms with E-state index in [9.17, 15) is 13.2 Å². The molecule has 0 aliphatic heterocycles. The average Bonchev–Trinajstić information content (AvgIpc) is 2.54. The molecular weight excluding hydrogens is 314 g/mol. The molecule has 0 spiro atoms. The van der Waals surface area contributed by atoms with Crippen molar-refractivity contribution in [3.63, 3.8) is 0 Å². The van der Waals surface area contributed by atoms with Crippen LogP contribution in [0.15, 0.2) is 65.7 Å². The summed E-state index contributed by atoms with van der Waals surface area (Å²) in [7, 11) is -3.75. The summed E-state index contributed by atoms with van der Waals surface area (Å²) in [6.07, 6.45) is 1.63. The van der Waals surface area contributed by atoms with Gasteiger partial charge in [0.15, 0.2) is 0 Å². The summed E-state index contributed by atoms with van der Waals surface area (Å²) in [4.78, 5) is 16.6. The number of nitrogens with one attached hydrogen (secondary N) is 1. The number of rotatable bonds is 3. The van der Waals surface area contributed by atoms with Crippen LogP contribution < -0.4 is 10.5 Å². The van der Waals surface area contributed by atoms with Crippen LogP contribution >= 0.6 is 0 Å². The predicted octanol–water partition coefficient (Wildman–Crippen LogP) is 2.13. The molecule has 1 amide bonds. The zero-order valence-corrected chi connectivity index (χ0v) is 12.7. The molecule has 0 radical (unpaired) electrons. The number of primary sulfonamides is 1. The Kier molecular flexibility index (Phi) is 3.81. The number of amides is 1. The first-order valence-corrected chi connectivity index (χ1v) is 8.28. The Balaban J connectivity index is 1.89. The Hall–Kier alpha value is -2.77. The molecule has 0 unspecified atom stereocenters. The van der Waals surface area contributed by atoms with E-state index in [2.05, 4.69) is 10.3 Å².